The van der Waals surface area contributed by atoms with E-state index in [2.05, 4.69) is 18.7 Å². The zero-order valence-corrected chi connectivity index (χ0v) is 9.62. The number of hydrogen-bond donors (Lipinski definition) is 0. The summed E-state index contributed by atoms with van der Waals surface area (Å²) in [5.74, 6) is -0.112. The highest BCUT2D eigenvalue weighted by molar-refractivity contribution is 5.72. The lowest BCUT2D eigenvalue weighted by Crippen LogP contribution is -2.38. The van der Waals surface area contributed by atoms with Gasteiger partial charge in [0.1, 0.15) is 0 Å². The van der Waals surface area contributed by atoms with Crippen LogP contribution in [-0.2, 0) is 9.53 Å². The van der Waals surface area contributed by atoms with Gasteiger partial charge in [0.2, 0.25) is 0 Å². The monoisotopic (exact) mass is 199 g/mol. The average Bonchev–Trinajstić information content (AvgIpc) is 2.48. The third-order valence-electron chi connectivity index (χ3n) is 3.22. The van der Waals surface area contributed by atoms with Gasteiger partial charge < -0.3 is 4.74 Å². The van der Waals surface area contributed by atoms with Crippen molar-refractivity contribution in [3.05, 3.63) is 0 Å². The van der Waals surface area contributed by atoms with E-state index in [9.17, 15) is 4.79 Å². The summed E-state index contributed by atoms with van der Waals surface area (Å²) in [6.45, 7) is 7.22. The minimum atomic E-state index is -0.101. The fourth-order valence-electron chi connectivity index (χ4n) is 2.20. The summed E-state index contributed by atoms with van der Waals surface area (Å²) in [4.78, 5) is 13.7. The van der Waals surface area contributed by atoms with Crippen LogP contribution >= 0.6 is 0 Å². The zero-order valence-electron chi connectivity index (χ0n) is 9.62. The Labute approximate surface area is 86.4 Å². The van der Waals surface area contributed by atoms with Crippen molar-refractivity contribution in [1.82, 2.24) is 4.90 Å². The van der Waals surface area contributed by atoms with Crippen LogP contribution in [0, 0.1) is 5.92 Å². The van der Waals surface area contributed by atoms with Crippen LogP contribution in [-0.4, -0.2) is 36.6 Å². The molecule has 3 heteroatoms. The van der Waals surface area contributed by atoms with Crippen molar-refractivity contribution in [3.8, 4) is 0 Å². The summed E-state index contributed by atoms with van der Waals surface area (Å²) < 4.78 is 4.73. The topological polar surface area (TPSA) is 29.5 Å². The van der Waals surface area contributed by atoms with Crippen LogP contribution in [0.4, 0.5) is 0 Å². The lowest BCUT2D eigenvalue weighted by Gasteiger charge is -2.27. The predicted molar refractivity (Wildman–Crippen MR) is 56.0 cm³/mol. The first kappa shape index (κ1) is 11.5. The van der Waals surface area contributed by atoms with Crippen LogP contribution < -0.4 is 0 Å². The Bertz CT molecular complexity index is 195. The normalized spacial score (nSPS) is 30.3. The van der Waals surface area contributed by atoms with Crippen LogP contribution in [0.25, 0.3) is 0 Å². The van der Waals surface area contributed by atoms with E-state index >= 15 is 0 Å². The van der Waals surface area contributed by atoms with E-state index in [1.807, 2.05) is 6.92 Å². The highest BCUT2D eigenvalue weighted by atomic mass is 16.5. The molecule has 1 rings (SSSR count). The number of carbonyl (C=O) groups excluding carboxylic acids is 1. The minimum absolute atomic E-state index is 0.0111. The first-order chi connectivity index (χ1) is 6.56. The van der Waals surface area contributed by atoms with Gasteiger partial charge in [-0.25, -0.2) is 0 Å². The fourth-order valence-corrected chi connectivity index (χ4v) is 2.20. The molecule has 0 aromatic carbocycles. The molecule has 1 saturated heterocycles. The molecule has 14 heavy (non-hydrogen) atoms. The minimum Gasteiger partial charge on any atom is -0.469 e. The van der Waals surface area contributed by atoms with Gasteiger partial charge in [-0.3, -0.25) is 9.69 Å². The van der Waals surface area contributed by atoms with Crippen LogP contribution in [0.3, 0.4) is 0 Å². The van der Waals surface area contributed by atoms with Crippen molar-refractivity contribution in [1.29, 1.82) is 0 Å². The molecule has 0 aliphatic carbocycles. The summed E-state index contributed by atoms with van der Waals surface area (Å²) >= 11 is 0. The number of esters is 1. The number of hydrogen-bond acceptors (Lipinski definition) is 3. The van der Waals surface area contributed by atoms with Crippen molar-refractivity contribution in [2.24, 2.45) is 5.92 Å². The van der Waals surface area contributed by atoms with E-state index < -0.39 is 0 Å². The third kappa shape index (κ3) is 2.47. The van der Waals surface area contributed by atoms with Crippen LogP contribution in [0.15, 0.2) is 0 Å². The van der Waals surface area contributed by atoms with Crippen molar-refractivity contribution < 1.29 is 9.53 Å². The van der Waals surface area contributed by atoms with Crippen LogP contribution in [0.2, 0.25) is 0 Å². The van der Waals surface area contributed by atoms with E-state index in [0.29, 0.717) is 12.1 Å². The molecule has 0 radical (unpaired) electrons. The Kier molecular flexibility index (Phi) is 3.93. The molecule has 0 spiro atoms. The van der Waals surface area contributed by atoms with E-state index in [-0.39, 0.29) is 11.9 Å². The highest BCUT2D eigenvalue weighted by Gasteiger charge is 2.29. The lowest BCUT2D eigenvalue weighted by molar-refractivity contribution is -0.145. The predicted octanol–water partition coefficient (Wildman–Crippen LogP) is 1.67. The number of methoxy groups -OCH3 is 1. The first-order valence-corrected chi connectivity index (χ1v) is 5.39. The average molecular weight is 199 g/mol. The second-order valence-electron chi connectivity index (χ2n) is 4.40. The number of ether oxygens (including phenoxy) is 1. The van der Waals surface area contributed by atoms with E-state index in [0.717, 1.165) is 6.54 Å². The number of carbonyl (C=O) groups is 1. The van der Waals surface area contributed by atoms with Gasteiger partial charge in [-0.1, -0.05) is 6.92 Å². The van der Waals surface area contributed by atoms with Crippen molar-refractivity contribution in [2.45, 2.75) is 45.7 Å². The van der Waals surface area contributed by atoms with Crippen molar-refractivity contribution in [2.75, 3.05) is 13.7 Å². The van der Waals surface area contributed by atoms with Crippen molar-refractivity contribution in [3.63, 3.8) is 0 Å². The Morgan fingerprint density at radius 2 is 1.93 bits per heavy atom. The number of nitrogens with zero attached hydrogens (tertiary/aromatic N) is 1. The second-order valence-corrected chi connectivity index (χ2v) is 4.40. The van der Waals surface area contributed by atoms with Gasteiger partial charge in [-0.2, -0.15) is 0 Å². The van der Waals surface area contributed by atoms with Crippen LogP contribution in [0.5, 0.6) is 0 Å². The van der Waals surface area contributed by atoms with Gasteiger partial charge in [0.25, 0.3) is 0 Å². The molecule has 1 heterocycles. The molecule has 1 aliphatic rings. The molecule has 0 aromatic heterocycles. The smallest absolute Gasteiger partial charge is 0.309 e. The Hall–Kier alpha value is -0.570. The Morgan fingerprint density at radius 3 is 2.36 bits per heavy atom. The molecule has 3 unspecified atom stereocenters. The molecular formula is C11H21NO2. The van der Waals surface area contributed by atoms with E-state index in [1.54, 1.807) is 0 Å². The zero-order chi connectivity index (χ0) is 10.7. The quantitative estimate of drug-likeness (QED) is 0.647. The molecule has 0 amide bonds. The largest absolute Gasteiger partial charge is 0.469 e. The fraction of sp³-hybridized carbons (Fsp3) is 0.909. The number of likely N-dealkylation sites (tertiary alicyclic amines) is 1. The molecule has 0 N–H and O–H groups in total. The maximum Gasteiger partial charge on any atom is 0.309 e. The summed E-state index contributed by atoms with van der Waals surface area (Å²) in [7, 11) is 1.45. The van der Waals surface area contributed by atoms with Gasteiger partial charge in [0, 0.05) is 18.6 Å². The molecule has 0 bridgehead atoms. The van der Waals surface area contributed by atoms with Gasteiger partial charge in [-0.05, 0) is 26.7 Å². The SMILES string of the molecule is COC(=O)C(C)CN1C(C)CCC1C. The van der Waals surface area contributed by atoms with Gasteiger partial charge in [0.15, 0.2) is 0 Å². The molecule has 3 nitrogen and oxygen atoms in total. The first-order valence-electron chi connectivity index (χ1n) is 5.39. The maximum absolute atomic E-state index is 11.3. The molecule has 1 aliphatic heterocycles. The van der Waals surface area contributed by atoms with E-state index in [4.69, 9.17) is 4.74 Å². The maximum atomic E-state index is 11.3. The molecule has 1 fully saturated rings. The molecule has 0 saturated carbocycles. The van der Waals surface area contributed by atoms with Gasteiger partial charge in [-0.15, -0.1) is 0 Å². The second kappa shape index (κ2) is 4.78. The van der Waals surface area contributed by atoms with Gasteiger partial charge in [0.05, 0.1) is 13.0 Å². The highest BCUT2D eigenvalue weighted by Crippen LogP contribution is 2.24. The molecular weight excluding hydrogens is 178 g/mol. The van der Waals surface area contributed by atoms with E-state index in [1.165, 1.54) is 20.0 Å². The number of rotatable bonds is 3. The Balaban J connectivity index is 2.46. The molecule has 82 valence electrons. The van der Waals surface area contributed by atoms with Crippen molar-refractivity contribution >= 4 is 5.97 Å². The molecule has 0 aromatic rings. The standard InChI is InChI=1S/C11H21NO2/c1-8(11(13)14-4)7-12-9(2)5-6-10(12)3/h8-10H,5-7H2,1-4H3. The third-order valence-corrected chi connectivity index (χ3v) is 3.22. The van der Waals surface area contributed by atoms with Gasteiger partial charge >= 0.3 is 5.97 Å². The summed E-state index contributed by atoms with van der Waals surface area (Å²) in [5, 5.41) is 0. The lowest BCUT2D eigenvalue weighted by atomic mass is 10.1. The summed E-state index contributed by atoms with van der Waals surface area (Å²) in [6.07, 6.45) is 2.49. The summed E-state index contributed by atoms with van der Waals surface area (Å²) in [6, 6.07) is 1.22. The van der Waals surface area contributed by atoms with Crippen LogP contribution in [0.1, 0.15) is 33.6 Å². The Morgan fingerprint density at radius 1 is 1.43 bits per heavy atom. The summed E-state index contributed by atoms with van der Waals surface area (Å²) in [5.41, 5.74) is 0. The molecule has 3 atom stereocenters.